The number of hydrogen-bond acceptors (Lipinski definition) is 3. The van der Waals surface area contributed by atoms with Gasteiger partial charge in [-0.2, -0.15) is 0 Å². The van der Waals surface area contributed by atoms with E-state index in [1.54, 1.807) is 24.3 Å². The first-order valence-electron chi connectivity index (χ1n) is 7.41. The molecular weight excluding hydrogens is 364 g/mol. The molecule has 23 heavy (non-hydrogen) atoms. The zero-order chi connectivity index (χ0) is 17.1. The largest absolute Gasteiger partial charge is 0.480 e. The lowest BCUT2D eigenvalue weighted by atomic mass is 9.96. The lowest BCUT2D eigenvalue weighted by molar-refractivity contribution is -0.158. The normalized spacial score (nSPS) is 18.3. The molecule has 1 aliphatic heterocycles. The fraction of sp³-hybridized carbons (Fsp3) is 0.438. The Labute approximate surface area is 143 Å². The van der Waals surface area contributed by atoms with Gasteiger partial charge in [0, 0.05) is 16.6 Å². The number of carbonyl (C=O) groups is 3. The van der Waals surface area contributed by atoms with Crippen molar-refractivity contribution in [2.75, 3.05) is 6.54 Å². The SMILES string of the molecule is CC(C)C(NC(=O)c1ccc(Br)cc1)C(=O)N1CC[C@H]1C(=O)O. The highest BCUT2D eigenvalue weighted by atomic mass is 79.9. The molecule has 2 rings (SSSR count). The number of likely N-dealkylation sites (tertiary alicyclic amines) is 1. The third-order valence-corrected chi connectivity index (χ3v) is 4.44. The number of rotatable bonds is 5. The number of carbonyl (C=O) groups excluding carboxylic acids is 2. The summed E-state index contributed by atoms with van der Waals surface area (Å²) in [6.45, 7) is 4.05. The molecule has 2 atom stereocenters. The molecule has 1 fully saturated rings. The van der Waals surface area contributed by atoms with Crippen LogP contribution in [0.1, 0.15) is 30.6 Å². The van der Waals surface area contributed by atoms with Crippen molar-refractivity contribution in [1.82, 2.24) is 10.2 Å². The molecule has 6 nitrogen and oxygen atoms in total. The molecule has 0 saturated carbocycles. The summed E-state index contributed by atoms with van der Waals surface area (Å²) in [4.78, 5) is 37.2. The van der Waals surface area contributed by atoms with Gasteiger partial charge < -0.3 is 15.3 Å². The van der Waals surface area contributed by atoms with E-state index in [-0.39, 0.29) is 17.7 Å². The van der Waals surface area contributed by atoms with Gasteiger partial charge in [0.15, 0.2) is 0 Å². The summed E-state index contributed by atoms with van der Waals surface area (Å²) in [5.74, 6) is -1.84. The van der Waals surface area contributed by atoms with Crippen LogP contribution < -0.4 is 5.32 Å². The number of hydrogen-bond donors (Lipinski definition) is 2. The van der Waals surface area contributed by atoms with Gasteiger partial charge in [0.05, 0.1) is 0 Å². The molecule has 1 aromatic carbocycles. The van der Waals surface area contributed by atoms with Gasteiger partial charge in [-0.3, -0.25) is 9.59 Å². The highest BCUT2D eigenvalue weighted by molar-refractivity contribution is 9.10. The summed E-state index contributed by atoms with van der Waals surface area (Å²) in [5, 5.41) is 11.8. The molecule has 1 unspecified atom stereocenters. The van der Waals surface area contributed by atoms with Crippen molar-refractivity contribution in [1.29, 1.82) is 0 Å². The number of nitrogens with one attached hydrogen (secondary N) is 1. The monoisotopic (exact) mass is 382 g/mol. The molecule has 0 spiro atoms. The highest BCUT2D eigenvalue weighted by Crippen LogP contribution is 2.21. The van der Waals surface area contributed by atoms with Gasteiger partial charge in [-0.25, -0.2) is 4.79 Å². The zero-order valence-corrected chi connectivity index (χ0v) is 14.5. The molecule has 1 aliphatic rings. The Hall–Kier alpha value is -1.89. The van der Waals surface area contributed by atoms with Gasteiger partial charge in [0.1, 0.15) is 12.1 Å². The van der Waals surface area contributed by atoms with Crippen LogP contribution in [0.2, 0.25) is 0 Å². The summed E-state index contributed by atoms with van der Waals surface area (Å²) in [7, 11) is 0. The van der Waals surface area contributed by atoms with Crippen LogP contribution in [0, 0.1) is 5.92 Å². The van der Waals surface area contributed by atoms with E-state index in [4.69, 9.17) is 5.11 Å². The third kappa shape index (κ3) is 3.90. The van der Waals surface area contributed by atoms with Crippen LogP contribution in [-0.4, -0.2) is 46.4 Å². The fourth-order valence-electron chi connectivity index (χ4n) is 2.43. The van der Waals surface area contributed by atoms with Crippen molar-refractivity contribution in [3.63, 3.8) is 0 Å². The smallest absolute Gasteiger partial charge is 0.326 e. The van der Waals surface area contributed by atoms with E-state index in [2.05, 4.69) is 21.2 Å². The Morgan fingerprint density at radius 1 is 1.26 bits per heavy atom. The Morgan fingerprint density at radius 2 is 1.87 bits per heavy atom. The third-order valence-electron chi connectivity index (χ3n) is 3.91. The van der Waals surface area contributed by atoms with E-state index in [0.29, 0.717) is 18.5 Å². The van der Waals surface area contributed by atoms with Crippen molar-refractivity contribution < 1.29 is 19.5 Å². The predicted molar refractivity (Wildman–Crippen MR) is 88.0 cm³/mol. The Balaban J connectivity index is 2.09. The fourth-order valence-corrected chi connectivity index (χ4v) is 2.69. The molecule has 1 aromatic rings. The van der Waals surface area contributed by atoms with Crippen molar-refractivity contribution in [3.8, 4) is 0 Å². The van der Waals surface area contributed by atoms with Gasteiger partial charge in [0.25, 0.3) is 5.91 Å². The Kier molecular flexibility index (Phi) is 5.41. The quantitative estimate of drug-likeness (QED) is 0.813. The average molecular weight is 383 g/mol. The maximum atomic E-state index is 12.5. The van der Waals surface area contributed by atoms with Crippen molar-refractivity contribution in [2.24, 2.45) is 5.92 Å². The summed E-state index contributed by atoms with van der Waals surface area (Å²) in [5.41, 5.74) is 0.449. The van der Waals surface area contributed by atoms with Crippen LogP contribution in [0.5, 0.6) is 0 Å². The molecule has 0 aromatic heterocycles. The molecule has 124 valence electrons. The summed E-state index contributed by atoms with van der Waals surface area (Å²) in [6.07, 6.45) is 0.451. The summed E-state index contributed by atoms with van der Waals surface area (Å²) < 4.78 is 0.857. The first-order valence-corrected chi connectivity index (χ1v) is 8.20. The van der Waals surface area contributed by atoms with Crippen LogP contribution in [-0.2, 0) is 9.59 Å². The molecule has 0 bridgehead atoms. The summed E-state index contributed by atoms with van der Waals surface area (Å²) >= 11 is 3.30. The number of benzene rings is 1. The van der Waals surface area contributed by atoms with Gasteiger partial charge in [0.2, 0.25) is 5.91 Å². The second-order valence-electron chi connectivity index (χ2n) is 5.88. The Morgan fingerprint density at radius 3 is 2.30 bits per heavy atom. The number of carboxylic acids is 1. The number of amides is 2. The lowest BCUT2D eigenvalue weighted by Crippen LogP contribution is -2.61. The molecule has 1 saturated heterocycles. The van der Waals surface area contributed by atoms with E-state index < -0.39 is 18.1 Å². The van der Waals surface area contributed by atoms with Crippen LogP contribution in [0.25, 0.3) is 0 Å². The van der Waals surface area contributed by atoms with Gasteiger partial charge in [-0.1, -0.05) is 29.8 Å². The molecule has 0 aliphatic carbocycles. The molecule has 7 heteroatoms. The Bertz CT molecular complexity index is 615. The number of halogens is 1. The van der Waals surface area contributed by atoms with Gasteiger partial charge >= 0.3 is 5.97 Å². The zero-order valence-electron chi connectivity index (χ0n) is 13.0. The van der Waals surface area contributed by atoms with Gasteiger partial charge in [-0.05, 0) is 36.6 Å². The van der Waals surface area contributed by atoms with Gasteiger partial charge in [-0.15, -0.1) is 0 Å². The summed E-state index contributed by atoms with van der Waals surface area (Å²) in [6, 6.07) is 5.28. The number of nitrogens with zero attached hydrogens (tertiary/aromatic N) is 1. The predicted octanol–water partition coefficient (Wildman–Crippen LogP) is 1.89. The molecular formula is C16H19BrN2O4. The van der Waals surface area contributed by atoms with Crippen molar-refractivity contribution >= 4 is 33.7 Å². The van der Waals surface area contributed by atoms with Crippen LogP contribution in [0.4, 0.5) is 0 Å². The topological polar surface area (TPSA) is 86.7 Å². The van der Waals surface area contributed by atoms with E-state index in [9.17, 15) is 14.4 Å². The van der Waals surface area contributed by atoms with Crippen molar-refractivity contribution in [2.45, 2.75) is 32.4 Å². The molecule has 2 amide bonds. The second-order valence-corrected chi connectivity index (χ2v) is 6.79. The average Bonchev–Trinajstić information content (AvgIpc) is 2.42. The second kappa shape index (κ2) is 7.12. The van der Waals surface area contributed by atoms with Crippen LogP contribution in [0.15, 0.2) is 28.7 Å². The van der Waals surface area contributed by atoms with Crippen molar-refractivity contribution in [3.05, 3.63) is 34.3 Å². The van der Waals surface area contributed by atoms with E-state index >= 15 is 0 Å². The van der Waals surface area contributed by atoms with Crippen LogP contribution in [0.3, 0.4) is 0 Å². The minimum absolute atomic E-state index is 0.142. The standard InChI is InChI=1S/C16H19BrN2O4/c1-9(2)13(15(21)19-8-7-12(19)16(22)23)18-14(20)10-3-5-11(17)6-4-10/h3-6,9,12-13H,7-8H2,1-2H3,(H,18,20)(H,22,23)/t12-,13?/m0/s1. The van der Waals surface area contributed by atoms with Crippen LogP contribution >= 0.6 is 15.9 Å². The first-order chi connectivity index (χ1) is 10.8. The molecule has 2 N–H and O–H groups in total. The molecule has 0 radical (unpaired) electrons. The van der Waals surface area contributed by atoms with E-state index in [0.717, 1.165) is 4.47 Å². The minimum Gasteiger partial charge on any atom is -0.480 e. The first kappa shape index (κ1) is 17.5. The minimum atomic E-state index is -1.01. The highest BCUT2D eigenvalue weighted by Gasteiger charge is 2.41. The van der Waals surface area contributed by atoms with E-state index in [1.165, 1.54) is 4.90 Å². The maximum absolute atomic E-state index is 12.5. The lowest BCUT2D eigenvalue weighted by Gasteiger charge is -2.40. The maximum Gasteiger partial charge on any atom is 0.326 e. The molecule has 1 heterocycles. The number of aliphatic carboxylic acids is 1. The van der Waals surface area contributed by atoms with E-state index in [1.807, 2.05) is 13.8 Å². The number of carboxylic acid groups (broad SMARTS) is 1.